The number of ketones is 2. The Morgan fingerprint density at radius 2 is 1.56 bits per heavy atom. The SMILES string of the molecule is C=NC(=O)NNc1cc(C(C)=O)cc(C(C)=O)c1. The topological polar surface area (TPSA) is 87.6 Å². The molecule has 0 saturated carbocycles. The first kappa shape index (κ1) is 13.6. The molecule has 94 valence electrons. The van der Waals surface area contributed by atoms with Crippen molar-refractivity contribution < 1.29 is 14.4 Å². The number of benzene rings is 1. The van der Waals surface area contributed by atoms with Gasteiger partial charge in [0.2, 0.25) is 0 Å². The lowest BCUT2D eigenvalue weighted by Gasteiger charge is -2.09. The van der Waals surface area contributed by atoms with Crippen LogP contribution < -0.4 is 10.9 Å². The second kappa shape index (κ2) is 5.72. The zero-order valence-corrected chi connectivity index (χ0v) is 10.1. The number of aliphatic imine (C=N–C) groups is 1. The molecule has 0 atom stereocenters. The number of amides is 2. The van der Waals surface area contributed by atoms with Gasteiger partial charge < -0.3 is 0 Å². The maximum atomic E-state index is 11.3. The number of hydrazine groups is 1. The smallest absolute Gasteiger partial charge is 0.297 e. The summed E-state index contributed by atoms with van der Waals surface area (Å²) < 4.78 is 0. The molecule has 2 N–H and O–H groups in total. The van der Waals surface area contributed by atoms with Crippen LogP contribution in [0.25, 0.3) is 0 Å². The molecule has 1 aromatic carbocycles. The number of hydrogen-bond donors (Lipinski definition) is 2. The largest absolute Gasteiger partial charge is 0.358 e. The van der Waals surface area contributed by atoms with Crippen molar-refractivity contribution in [2.45, 2.75) is 13.8 Å². The number of Topliss-reactive ketones (excluding diaryl/α,β-unsaturated/α-hetero) is 2. The minimum atomic E-state index is -0.660. The van der Waals surface area contributed by atoms with E-state index < -0.39 is 6.03 Å². The van der Waals surface area contributed by atoms with E-state index in [4.69, 9.17) is 0 Å². The third-order valence-electron chi connectivity index (χ3n) is 2.20. The quantitative estimate of drug-likeness (QED) is 0.482. The van der Waals surface area contributed by atoms with Crippen LogP contribution in [0.2, 0.25) is 0 Å². The van der Waals surface area contributed by atoms with Crippen LogP contribution in [0.4, 0.5) is 10.5 Å². The van der Waals surface area contributed by atoms with Gasteiger partial charge >= 0.3 is 6.03 Å². The van der Waals surface area contributed by atoms with Crippen LogP contribution in [-0.2, 0) is 0 Å². The molecule has 2 amide bonds. The van der Waals surface area contributed by atoms with Gasteiger partial charge in [0.1, 0.15) is 0 Å². The Balaban J connectivity index is 3.03. The fraction of sp³-hybridized carbons (Fsp3) is 0.167. The van der Waals surface area contributed by atoms with E-state index in [1.807, 2.05) is 0 Å². The Kier molecular flexibility index (Phi) is 4.31. The summed E-state index contributed by atoms with van der Waals surface area (Å²) in [6.45, 7) is 5.85. The first-order valence-electron chi connectivity index (χ1n) is 5.13. The highest BCUT2D eigenvalue weighted by atomic mass is 16.2. The highest BCUT2D eigenvalue weighted by molar-refractivity contribution is 6.01. The van der Waals surface area contributed by atoms with Crippen LogP contribution >= 0.6 is 0 Å². The van der Waals surface area contributed by atoms with Crippen molar-refractivity contribution in [1.82, 2.24) is 5.43 Å². The van der Waals surface area contributed by atoms with Crippen molar-refractivity contribution in [2.75, 3.05) is 5.43 Å². The maximum Gasteiger partial charge on any atom is 0.358 e. The van der Waals surface area contributed by atoms with E-state index in [9.17, 15) is 14.4 Å². The number of anilines is 1. The number of carbonyl (C=O) groups is 3. The predicted molar refractivity (Wildman–Crippen MR) is 68.2 cm³/mol. The summed E-state index contributed by atoms with van der Waals surface area (Å²) in [5, 5.41) is 0. The Morgan fingerprint density at radius 1 is 1.06 bits per heavy atom. The molecule has 0 spiro atoms. The van der Waals surface area contributed by atoms with E-state index in [1.165, 1.54) is 32.0 Å². The van der Waals surface area contributed by atoms with Crippen molar-refractivity contribution in [3.8, 4) is 0 Å². The number of hydrogen-bond acceptors (Lipinski definition) is 4. The minimum Gasteiger partial charge on any atom is -0.297 e. The summed E-state index contributed by atoms with van der Waals surface area (Å²) >= 11 is 0. The summed E-state index contributed by atoms with van der Waals surface area (Å²) in [6.07, 6.45) is 0. The van der Waals surface area contributed by atoms with Crippen molar-refractivity contribution in [3.63, 3.8) is 0 Å². The Labute approximate surface area is 104 Å². The highest BCUT2D eigenvalue weighted by Gasteiger charge is 2.08. The number of nitrogens with zero attached hydrogens (tertiary/aromatic N) is 1. The van der Waals surface area contributed by atoms with Gasteiger partial charge in [0.15, 0.2) is 11.6 Å². The van der Waals surface area contributed by atoms with Gasteiger partial charge in [-0.25, -0.2) is 15.2 Å². The molecule has 0 bridgehead atoms. The predicted octanol–water partition coefficient (Wildman–Crippen LogP) is 1.83. The Bertz CT molecular complexity index is 491. The standard InChI is InChI=1S/C12H13N3O3/c1-7(16)9-4-10(8(2)17)6-11(5-9)14-15-12(18)13-3/h4-6,14H,3H2,1-2H3,(H,15,18). The molecule has 0 saturated heterocycles. The maximum absolute atomic E-state index is 11.3. The van der Waals surface area contributed by atoms with Crippen LogP contribution in [0.5, 0.6) is 0 Å². The highest BCUT2D eigenvalue weighted by Crippen LogP contribution is 2.15. The molecule has 1 rings (SSSR count). The Morgan fingerprint density at radius 3 is 1.94 bits per heavy atom. The van der Waals surface area contributed by atoms with Gasteiger partial charge in [0.05, 0.1) is 5.69 Å². The van der Waals surface area contributed by atoms with Gasteiger partial charge in [0.25, 0.3) is 0 Å². The molecular weight excluding hydrogens is 234 g/mol. The molecule has 0 unspecified atom stereocenters. The van der Waals surface area contributed by atoms with E-state index in [0.29, 0.717) is 16.8 Å². The summed E-state index contributed by atoms with van der Waals surface area (Å²) in [5.74, 6) is -0.344. The summed E-state index contributed by atoms with van der Waals surface area (Å²) in [6, 6.07) is 3.90. The van der Waals surface area contributed by atoms with E-state index in [1.54, 1.807) is 0 Å². The third-order valence-corrected chi connectivity index (χ3v) is 2.20. The average Bonchev–Trinajstić information content (AvgIpc) is 2.35. The molecular formula is C12H13N3O3. The van der Waals surface area contributed by atoms with Crippen LogP contribution in [-0.4, -0.2) is 24.3 Å². The number of urea groups is 1. The molecule has 0 radical (unpaired) electrons. The van der Waals surface area contributed by atoms with Crippen LogP contribution in [0.15, 0.2) is 23.2 Å². The molecule has 0 aliphatic rings. The molecule has 0 heterocycles. The zero-order valence-electron chi connectivity index (χ0n) is 10.1. The summed E-state index contributed by atoms with van der Waals surface area (Å²) in [4.78, 5) is 36.6. The number of rotatable bonds is 4. The molecule has 6 nitrogen and oxygen atoms in total. The van der Waals surface area contributed by atoms with Gasteiger partial charge in [-0.1, -0.05) is 0 Å². The fourth-order valence-corrected chi connectivity index (χ4v) is 1.27. The summed E-state index contributed by atoms with van der Waals surface area (Å²) in [7, 11) is 0. The minimum absolute atomic E-state index is 0.172. The number of nitrogens with one attached hydrogen (secondary N) is 2. The lowest BCUT2D eigenvalue weighted by molar-refractivity contribution is 0.101. The Hall–Kier alpha value is -2.50. The molecule has 0 aromatic heterocycles. The lowest BCUT2D eigenvalue weighted by Crippen LogP contribution is -2.26. The van der Waals surface area contributed by atoms with Gasteiger partial charge in [-0.05, 0) is 38.8 Å². The van der Waals surface area contributed by atoms with Gasteiger partial charge in [-0.2, -0.15) is 0 Å². The van der Waals surface area contributed by atoms with E-state index in [0.717, 1.165) is 0 Å². The van der Waals surface area contributed by atoms with Crippen molar-refractivity contribution in [3.05, 3.63) is 29.3 Å². The second-order valence-electron chi connectivity index (χ2n) is 3.62. The monoisotopic (exact) mass is 247 g/mol. The van der Waals surface area contributed by atoms with E-state index in [2.05, 4.69) is 22.6 Å². The first-order chi connectivity index (χ1) is 8.43. The van der Waals surface area contributed by atoms with Crippen molar-refractivity contribution in [1.29, 1.82) is 0 Å². The molecule has 18 heavy (non-hydrogen) atoms. The normalized spacial score (nSPS) is 9.44. The molecule has 1 aromatic rings. The van der Waals surface area contributed by atoms with Crippen LogP contribution in [0.3, 0.4) is 0 Å². The van der Waals surface area contributed by atoms with Gasteiger partial charge in [0, 0.05) is 11.1 Å². The summed E-state index contributed by atoms with van der Waals surface area (Å²) in [5.41, 5.74) is 5.97. The van der Waals surface area contributed by atoms with Gasteiger partial charge in [-0.15, -0.1) is 0 Å². The third kappa shape index (κ3) is 3.51. The first-order valence-corrected chi connectivity index (χ1v) is 5.13. The average molecular weight is 247 g/mol. The fourth-order valence-electron chi connectivity index (χ4n) is 1.27. The van der Waals surface area contributed by atoms with E-state index >= 15 is 0 Å². The molecule has 0 aliphatic heterocycles. The van der Waals surface area contributed by atoms with E-state index in [-0.39, 0.29) is 11.6 Å². The lowest BCUT2D eigenvalue weighted by atomic mass is 10.0. The van der Waals surface area contributed by atoms with Crippen LogP contribution in [0.1, 0.15) is 34.6 Å². The second-order valence-corrected chi connectivity index (χ2v) is 3.62. The zero-order chi connectivity index (χ0) is 13.7. The van der Waals surface area contributed by atoms with Crippen molar-refractivity contribution in [2.24, 2.45) is 4.99 Å². The molecule has 6 heteroatoms. The van der Waals surface area contributed by atoms with Crippen molar-refractivity contribution >= 4 is 30.0 Å². The van der Waals surface area contributed by atoms with Gasteiger partial charge in [-0.3, -0.25) is 15.0 Å². The molecule has 0 fully saturated rings. The van der Waals surface area contributed by atoms with Crippen LogP contribution in [0, 0.1) is 0 Å². The molecule has 0 aliphatic carbocycles. The number of carbonyl (C=O) groups excluding carboxylic acids is 3.